The van der Waals surface area contributed by atoms with Crippen LogP contribution in [0.3, 0.4) is 0 Å². The van der Waals surface area contributed by atoms with Crippen LogP contribution in [0.2, 0.25) is 0 Å². The number of sulfonamides is 1. The van der Waals surface area contributed by atoms with Crippen LogP contribution in [0.25, 0.3) is 11.6 Å². The molecule has 1 aliphatic heterocycles. The van der Waals surface area contributed by atoms with E-state index in [1.807, 2.05) is 38.1 Å². The molecule has 0 amide bonds. The van der Waals surface area contributed by atoms with Crippen molar-refractivity contribution in [1.29, 1.82) is 0 Å². The molecule has 0 spiro atoms. The molecular weight excluding hydrogens is 414 g/mol. The summed E-state index contributed by atoms with van der Waals surface area (Å²) >= 11 is 0. The molecule has 0 fully saturated rings. The number of nitrogens with zero attached hydrogens (tertiary/aromatic N) is 3. The maximum absolute atomic E-state index is 13.7. The lowest BCUT2D eigenvalue weighted by Gasteiger charge is -2.29. The molecule has 2 aromatic carbocycles. The molecule has 8 heteroatoms. The van der Waals surface area contributed by atoms with Gasteiger partial charge in [0.2, 0.25) is 0 Å². The average Bonchev–Trinajstić information content (AvgIpc) is 2.74. The van der Waals surface area contributed by atoms with E-state index < -0.39 is 21.3 Å². The summed E-state index contributed by atoms with van der Waals surface area (Å²) in [4.78, 5) is 25.9. The van der Waals surface area contributed by atoms with Gasteiger partial charge in [0.05, 0.1) is 17.1 Å². The highest BCUT2D eigenvalue weighted by Gasteiger charge is 2.32. The smallest absolute Gasteiger partial charge is 0.295 e. The second-order valence-corrected chi connectivity index (χ2v) is 9.61. The number of hydrogen-bond donors (Lipinski definition) is 0. The van der Waals surface area contributed by atoms with E-state index in [1.54, 1.807) is 18.2 Å². The van der Waals surface area contributed by atoms with Gasteiger partial charge in [-0.05, 0) is 48.8 Å². The van der Waals surface area contributed by atoms with E-state index >= 15 is 0 Å². The third-order valence-corrected chi connectivity index (χ3v) is 7.41. The van der Waals surface area contributed by atoms with Crippen molar-refractivity contribution in [3.8, 4) is 0 Å². The molecule has 31 heavy (non-hydrogen) atoms. The fraction of sp³-hybridized carbons (Fsp3) is 0.217. The summed E-state index contributed by atoms with van der Waals surface area (Å²) < 4.78 is 30.9. The minimum Gasteiger partial charge on any atom is -0.295 e. The van der Waals surface area contributed by atoms with Gasteiger partial charge in [0.15, 0.2) is 0 Å². The average molecular weight is 438 g/mol. The summed E-state index contributed by atoms with van der Waals surface area (Å²) in [5.74, 6) is 0. The van der Waals surface area contributed by atoms with Crippen molar-refractivity contribution in [3.05, 3.63) is 91.8 Å². The van der Waals surface area contributed by atoms with Gasteiger partial charge < -0.3 is 0 Å². The van der Waals surface area contributed by atoms with E-state index in [9.17, 15) is 18.0 Å². The van der Waals surface area contributed by atoms with Gasteiger partial charge in [-0.25, -0.2) is 13.2 Å². The Bertz CT molecular complexity index is 1450. The second-order valence-electron chi connectivity index (χ2n) is 7.75. The summed E-state index contributed by atoms with van der Waals surface area (Å²) in [6.07, 6.45) is 1.70. The van der Waals surface area contributed by atoms with Crippen molar-refractivity contribution in [3.63, 3.8) is 0 Å². The SMILES string of the molecule is C/C1=C/c2c(c(=O)n(C)c(=O)n2C)N(S(=O)(=O)c2ccc(C)cc2)Cc2ccccc21. The third kappa shape index (κ3) is 3.33. The molecule has 0 unspecified atom stereocenters. The van der Waals surface area contributed by atoms with E-state index in [4.69, 9.17) is 0 Å². The normalized spacial score (nSPS) is 15.4. The summed E-state index contributed by atoms with van der Waals surface area (Å²) in [7, 11) is -1.20. The molecule has 7 nitrogen and oxygen atoms in total. The van der Waals surface area contributed by atoms with Gasteiger partial charge in [-0.3, -0.25) is 18.2 Å². The van der Waals surface area contributed by atoms with E-state index in [0.717, 1.165) is 31.1 Å². The Balaban J connectivity index is 2.12. The minimum atomic E-state index is -4.09. The predicted molar refractivity (Wildman–Crippen MR) is 121 cm³/mol. The van der Waals surface area contributed by atoms with Gasteiger partial charge >= 0.3 is 5.69 Å². The van der Waals surface area contributed by atoms with Crippen LogP contribution in [-0.2, 0) is 30.7 Å². The largest absolute Gasteiger partial charge is 0.331 e. The molecule has 4 rings (SSSR count). The van der Waals surface area contributed by atoms with Gasteiger partial charge in [0.25, 0.3) is 15.6 Å². The molecule has 0 atom stereocenters. The molecule has 2 heterocycles. The summed E-state index contributed by atoms with van der Waals surface area (Å²) in [6, 6.07) is 14.0. The molecule has 0 radical (unpaired) electrons. The van der Waals surface area contributed by atoms with Crippen LogP contribution in [0.15, 0.2) is 63.0 Å². The molecule has 0 N–H and O–H groups in total. The van der Waals surface area contributed by atoms with Crippen molar-refractivity contribution in [1.82, 2.24) is 9.13 Å². The minimum absolute atomic E-state index is 0.0298. The highest BCUT2D eigenvalue weighted by Crippen LogP contribution is 2.33. The number of allylic oxidation sites excluding steroid dienone is 1. The number of aryl methyl sites for hydroxylation is 1. The molecule has 3 aromatic rings. The first-order valence-electron chi connectivity index (χ1n) is 9.79. The fourth-order valence-electron chi connectivity index (χ4n) is 3.84. The predicted octanol–water partition coefficient (Wildman–Crippen LogP) is 2.66. The van der Waals surface area contributed by atoms with Crippen molar-refractivity contribution >= 4 is 27.4 Å². The van der Waals surface area contributed by atoms with Crippen LogP contribution in [0.5, 0.6) is 0 Å². The first kappa shape index (κ1) is 20.9. The zero-order chi connectivity index (χ0) is 22.5. The lowest BCUT2D eigenvalue weighted by atomic mass is 9.98. The monoisotopic (exact) mass is 437 g/mol. The number of rotatable bonds is 2. The lowest BCUT2D eigenvalue weighted by Crippen LogP contribution is -2.44. The maximum atomic E-state index is 13.7. The third-order valence-electron chi connectivity index (χ3n) is 5.65. The van der Waals surface area contributed by atoms with Crippen LogP contribution >= 0.6 is 0 Å². The Morgan fingerprint density at radius 3 is 2.19 bits per heavy atom. The Morgan fingerprint density at radius 2 is 1.52 bits per heavy atom. The number of aromatic nitrogens is 2. The topological polar surface area (TPSA) is 81.4 Å². The highest BCUT2D eigenvalue weighted by atomic mass is 32.2. The summed E-state index contributed by atoms with van der Waals surface area (Å²) in [5, 5.41) is 0. The Kier molecular flexibility index (Phi) is 4.97. The Labute approximate surface area is 180 Å². The van der Waals surface area contributed by atoms with E-state index in [2.05, 4.69) is 0 Å². The van der Waals surface area contributed by atoms with Crippen molar-refractivity contribution in [2.45, 2.75) is 25.3 Å². The van der Waals surface area contributed by atoms with Gasteiger partial charge in [-0.1, -0.05) is 42.0 Å². The number of fused-ring (bicyclic) bond motifs is 2. The van der Waals surface area contributed by atoms with E-state index in [-0.39, 0.29) is 22.8 Å². The number of hydrogen-bond acceptors (Lipinski definition) is 4. The molecule has 1 aliphatic rings. The van der Waals surface area contributed by atoms with Gasteiger partial charge in [-0.15, -0.1) is 0 Å². The molecule has 0 aliphatic carbocycles. The Morgan fingerprint density at radius 1 is 0.871 bits per heavy atom. The zero-order valence-electron chi connectivity index (χ0n) is 17.8. The van der Waals surface area contributed by atoms with Crippen molar-refractivity contribution in [2.75, 3.05) is 4.31 Å². The van der Waals surface area contributed by atoms with Crippen LogP contribution < -0.4 is 15.6 Å². The lowest BCUT2D eigenvalue weighted by molar-refractivity contribution is 0.588. The first-order chi connectivity index (χ1) is 14.6. The zero-order valence-corrected chi connectivity index (χ0v) is 18.6. The van der Waals surface area contributed by atoms with Crippen molar-refractivity contribution < 1.29 is 8.42 Å². The summed E-state index contributed by atoms with van der Waals surface area (Å²) in [5.41, 5.74) is 2.45. The van der Waals surface area contributed by atoms with Gasteiger partial charge in [0.1, 0.15) is 5.69 Å². The van der Waals surface area contributed by atoms with Gasteiger partial charge in [0, 0.05) is 14.1 Å². The van der Waals surface area contributed by atoms with Gasteiger partial charge in [-0.2, -0.15) is 0 Å². The molecule has 0 saturated heterocycles. The van der Waals surface area contributed by atoms with Crippen LogP contribution in [0.4, 0.5) is 5.69 Å². The number of anilines is 1. The Hall–Kier alpha value is -3.39. The van der Waals surface area contributed by atoms with E-state index in [0.29, 0.717) is 0 Å². The molecule has 0 saturated carbocycles. The molecule has 160 valence electrons. The van der Waals surface area contributed by atoms with Crippen LogP contribution in [0, 0.1) is 6.92 Å². The van der Waals surface area contributed by atoms with E-state index in [1.165, 1.54) is 30.8 Å². The fourth-order valence-corrected chi connectivity index (χ4v) is 5.30. The second kappa shape index (κ2) is 7.39. The van der Waals surface area contributed by atoms with Crippen LogP contribution in [0.1, 0.15) is 29.3 Å². The highest BCUT2D eigenvalue weighted by molar-refractivity contribution is 7.92. The first-order valence-corrected chi connectivity index (χ1v) is 11.2. The van der Waals surface area contributed by atoms with Crippen LogP contribution in [-0.4, -0.2) is 17.6 Å². The maximum Gasteiger partial charge on any atom is 0.331 e. The number of benzene rings is 2. The quantitative estimate of drug-likeness (QED) is 0.617. The molecule has 1 aromatic heterocycles. The summed E-state index contributed by atoms with van der Waals surface area (Å²) in [6.45, 7) is 3.73. The molecule has 0 bridgehead atoms. The van der Waals surface area contributed by atoms with Crippen molar-refractivity contribution in [2.24, 2.45) is 14.1 Å². The standard InChI is InChI=1S/C23H23N3O4S/c1-15-9-11-18(12-10-15)31(29,30)26-14-17-7-5-6-8-19(17)16(2)13-20-21(26)22(27)25(4)23(28)24(20)3/h5-13H,14H2,1-4H3/b16-13-. The molecular formula is C23H23N3O4S.